The van der Waals surface area contributed by atoms with Crippen LogP contribution < -0.4 is 10.0 Å². The number of sulfonamides is 1. The lowest BCUT2D eigenvalue weighted by Crippen LogP contribution is -2.30. The Balaban J connectivity index is 2.85. The first-order chi connectivity index (χ1) is 8.89. The lowest BCUT2D eigenvalue weighted by molar-refractivity contribution is 0.570. The molecule has 0 amide bonds. The monoisotopic (exact) mass is 280 g/mol. The van der Waals surface area contributed by atoms with Crippen LogP contribution in [0.2, 0.25) is 0 Å². The maximum absolute atomic E-state index is 11.9. The van der Waals surface area contributed by atoms with Crippen LogP contribution in [-0.2, 0) is 10.0 Å². The van der Waals surface area contributed by atoms with E-state index in [0.29, 0.717) is 0 Å². The van der Waals surface area contributed by atoms with Crippen molar-refractivity contribution in [3.63, 3.8) is 0 Å². The Morgan fingerprint density at radius 3 is 2.26 bits per heavy atom. The maximum Gasteiger partial charge on any atom is 0.240 e. The molecule has 1 rings (SSSR count). The SMILES string of the molecule is C#CC(CC)Nc1ccc(S(=O)(=O)NC(C)C)cc1. The fraction of sp³-hybridized carbons (Fsp3) is 0.429. The number of anilines is 1. The van der Waals surface area contributed by atoms with Gasteiger partial charge in [-0.2, -0.15) is 0 Å². The molecule has 5 heteroatoms. The van der Waals surface area contributed by atoms with Crippen molar-refractivity contribution in [3.8, 4) is 12.3 Å². The molecular weight excluding hydrogens is 260 g/mol. The highest BCUT2D eigenvalue weighted by Gasteiger charge is 2.14. The van der Waals surface area contributed by atoms with Crippen LogP contribution in [0.3, 0.4) is 0 Å². The van der Waals surface area contributed by atoms with Gasteiger partial charge in [0.15, 0.2) is 0 Å². The van der Waals surface area contributed by atoms with E-state index in [-0.39, 0.29) is 17.0 Å². The van der Waals surface area contributed by atoms with Crippen LogP contribution >= 0.6 is 0 Å². The van der Waals surface area contributed by atoms with Gasteiger partial charge in [0.05, 0.1) is 10.9 Å². The third kappa shape index (κ3) is 4.58. The Morgan fingerprint density at radius 2 is 1.84 bits per heavy atom. The van der Waals surface area contributed by atoms with E-state index in [1.54, 1.807) is 38.1 Å². The smallest absolute Gasteiger partial charge is 0.240 e. The standard InChI is InChI=1S/C14H20N2O2S/c1-5-12(6-2)15-13-7-9-14(10-8-13)19(17,18)16-11(3)4/h1,7-12,15-16H,6H2,2-4H3. The fourth-order valence-electron chi connectivity index (χ4n) is 1.57. The van der Waals surface area contributed by atoms with Gasteiger partial charge in [-0.15, -0.1) is 6.42 Å². The van der Waals surface area contributed by atoms with E-state index in [9.17, 15) is 8.42 Å². The summed E-state index contributed by atoms with van der Waals surface area (Å²) in [6.45, 7) is 5.56. The predicted octanol–water partition coefficient (Wildman–Crippen LogP) is 2.20. The molecule has 104 valence electrons. The van der Waals surface area contributed by atoms with Crippen LogP contribution in [0.15, 0.2) is 29.2 Å². The number of hydrogen-bond donors (Lipinski definition) is 2. The molecule has 1 atom stereocenters. The Labute approximate surface area is 115 Å². The molecule has 0 aliphatic rings. The predicted molar refractivity (Wildman–Crippen MR) is 78.4 cm³/mol. The molecular formula is C14H20N2O2S. The minimum absolute atomic E-state index is 0.0451. The van der Waals surface area contributed by atoms with Crippen molar-refractivity contribution < 1.29 is 8.42 Å². The largest absolute Gasteiger partial charge is 0.372 e. The van der Waals surface area contributed by atoms with E-state index in [4.69, 9.17) is 6.42 Å². The van der Waals surface area contributed by atoms with E-state index < -0.39 is 10.0 Å². The number of rotatable bonds is 6. The number of benzene rings is 1. The zero-order chi connectivity index (χ0) is 14.5. The normalized spacial score (nSPS) is 13.0. The van der Waals surface area contributed by atoms with Gasteiger partial charge < -0.3 is 5.32 Å². The Hall–Kier alpha value is -1.51. The average molecular weight is 280 g/mol. The van der Waals surface area contributed by atoms with Crippen molar-refractivity contribution in [1.29, 1.82) is 0 Å². The molecule has 0 bridgehead atoms. The first kappa shape index (κ1) is 15.5. The van der Waals surface area contributed by atoms with Gasteiger partial charge in [-0.1, -0.05) is 12.8 Å². The van der Waals surface area contributed by atoms with Crippen LogP contribution in [0.5, 0.6) is 0 Å². The molecule has 0 fully saturated rings. The van der Waals surface area contributed by atoms with Gasteiger partial charge in [0.2, 0.25) is 10.0 Å². The maximum atomic E-state index is 11.9. The molecule has 4 nitrogen and oxygen atoms in total. The zero-order valence-electron chi connectivity index (χ0n) is 11.5. The van der Waals surface area contributed by atoms with Gasteiger partial charge in [0.25, 0.3) is 0 Å². The highest BCUT2D eigenvalue weighted by atomic mass is 32.2. The average Bonchev–Trinajstić information content (AvgIpc) is 2.35. The Bertz CT molecular complexity index is 542. The van der Waals surface area contributed by atoms with Gasteiger partial charge in [0, 0.05) is 11.7 Å². The third-order valence-electron chi connectivity index (χ3n) is 2.51. The van der Waals surface area contributed by atoms with Gasteiger partial charge in [-0.25, -0.2) is 13.1 Å². The summed E-state index contributed by atoms with van der Waals surface area (Å²) in [5.41, 5.74) is 0.813. The van der Waals surface area contributed by atoms with E-state index in [2.05, 4.69) is 16.0 Å². The summed E-state index contributed by atoms with van der Waals surface area (Å²) in [7, 11) is -3.43. The molecule has 0 aliphatic carbocycles. The highest BCUT2D eigenvalue weighted by molar-refractivity contribution is 7.89. The molecule has 0 aliphatic heterocycles. The molecule has 0 heterocycles. The summed E-state index contributed by atoms with van der Waals surface area (Å²) in [6, 6.07) is 6.39. The zero-order valence-corrected chi connectivity index (χ0v) is 12.3. The van der Waals surface area contributed by atoms with Crippen molar-refractivity contribution in [1.82, 2.24) is 4.72 Å². The van der Waals surface area contributed by atoms with Crippen molar-refractivity contribution in [2.45, 2.75) is 44.2 Å². The highest BCUT2D eigenvalue weighted by Crippen LogP contribution is 2.15. The number of nitrogens with one attached hydrogen (secondary N) is 2. The fourth-order valence-corrected chi connectivity index (χ4v) is 2.82. The molecule has 0 aromatic heterocycles. The number of terminal acetylenes is 1. The number of hydrogen-bond acceptors (Lipinski definition) is 3. The quantitative estimate of drug-likeness (QED) is 0.785. The lowest BCUT2D eigenvalue weighted by atomic mass is 10.2. The summed E-state index contributed by atoms with van der Waals surface area (Å²) in [4.78, 5) is 0.250. The third-order valence-corrected chi connectivity index (χ3v) is 4.18. The van der Waals surface area contributed by atoms with Crippen molar-refractivity contribution in [3.05, 3.63) is 24.3 Å². The lowest BCUT2D eigenvalue weighted by Gasteiger charge is -2.13. The summed E-state index contributed by atoms with van der Waals surface area (Å²) < 4.78 is 26.4. The van der Waals surface area contributed by atoms with Gasteiger partial charge in [-0.05, 0) is 44.5 Å². The van der Waals surface area contributed by atoms with Crippen molar-refractivity contribution in [2.75, 3.05) is 5.32 Å². The van der Waals surface area contributed by atoms with Crippen LogP contribution in [0.4, 0.5) is 5.69 Å². The topological polar surface area (TPSA) is 58.2 Å². The van der Waals surface area contributed by atoms with Crippen LogP contribution in [0.1, 0.15) is 27.2 Å². The van der Waals surface area contributed by atoms with E-state index in [0.717, 1.165) is 12.1 Å². The van der Waals surface area contributed by atoms with Gasteiger partial charge in [-0.3, -0.25) is 0 Å². The van der Waals surface area contributed by atoms with E-state index in [1.807, 2.05) is 6.92 Å². The van der Waals surface area contributed by atoms with Crippen LogP contribution in [0.25, 0.3) is 0 Å². The van der Waals surface area contributed by atoms with Crippen molar-refractivity contribution in [2.24, 2.45) is 0 Å². The second-order valence-electron chi connectivity index (χ2n) is 4.57. The van der Waals surface area contributed by atoms with E-state index in [1.165, 1.54) is 0 Å². The molecule has 0 spiro atoms. The van der Waals surface area contributed by atoms with Crippen molar-refractivity contribution >= 4 is 15.7 Å². The molecule has 1 unspecified atom stereocenters. The second kappa shape index (κ2) is 6.60. The summed E-state index contributed by atoms with van der Waals surface area (Å²) in [5, 5.41) is 3.15. The first-order valence-corrected chi connectivity index (χ1v) is 7.72. The first-order valence-electron chi connectivity index (χ1n) is 6.24. The minimum atomic E-state index is -3.43. The molecule has 19 heavy (non-hydrogen) atoms. The van der Waals surface area contributed by atoms with E-state index >= 15 is 0 Å². The second-order valence-corrected chi connectivity index (χ2v) is 6.29. The molecule has 2 N–H and O–H groups in total. The van der Waals surface area contributed by atoms with Gasteiger partial charge in [0.1, 0.15) is 0 Å². The summed E-state index contributed by atoms with van der Waals surface area (Å²) in [6.07, 6.45) is 6.18. The van der Waals surface area contributed by atoms with Crippen LogP contribution in [-0.4, -0.2) is 20.5 Å². The van der Waals surface area contributed by atoms with Crippen LogP contribution in [0, 0.1) is 12.3 Å². The summed E-state index contributed by atoms with van der Waals surface area (Å²) in [5.74, 6) is 2.63. The Kier molecular flexibility index (Phi) is 5.40. The Morgan fingerprint density at radius 1 is 1.26 bits per heavy atom. The molecule has 1 aromatic rings. The molecule has 1 aromatic carbocycles. The molecule has 0 saturated carbocycles. The minimum Gasteiger partial charge on any atom is -0.372 e. The molecule has 0 radical (unpaired) electrons. The van der Waals surface area contributed by atoms with Gasteiger partial charge >= 0.3 is 0 Å². The summed E-state index contributed by atoms with van der Waals surface area (Å²) >= 11 is 0. The molecule has 0 saturated heterocycles.